The Morgan fingerprint density at radius 1 is 1.04 bits per heavy atom. The maximum absolute atomic E-state index is 12.8. The van der Waals surface area contributed by atoms with Gasteiger partial charge in [0.2, 0.25) is 0 Å². The average molecular weight is 308 g/mol. The van der Waals surface area contributed by atoms with E-state index in [4.69, 9.17) is 0 Å². The predicted octanol–water partition coefficient (Wildman–Crippen LogP) is 3.45. The molecule has 2 N–H and O–H groups in total. The van der Waals surface area contributed by atoms with Crippen molar-refractivity contribution in [2.75, 3.05) is 0 Å². The van der Waals surface area contributed by atoms with Gasteiger partial charge in [-0.1, -0.05) is 42.5 Å². The number of phenolic OH excluding ortho intramolecular Hbond substituents is 1. The summed E-state index contributed by atoms with van der Waals surface area (Å²) in [5.41, 5.74) is 3.13. The number of hydrogen-bond donors (Lipinski definition) is 2. The van der Waals surface area contributed by atoms with Crippen LogP contribution in [0.3, 0.4) is 0 Å². The van der Waals surface area contributed by atoms with E-state index >= 15 is 0 Å². The van der Waals surface area contributed by atoms with E-state index in [1.54, 1.807) is 36.4 Å². The molecular weight excluding hydrogens is 295 g/mol. The summed E-state index contributed by atoms with van der Waals surface area (Å²) in [7, 11) is 0. The fourth-order valence-electron chi connectivity index (χ4n) is 2.21. The summed E-state index contributed by atoms with van der Waals surface area (Å²) in [5, 5.41) is 15.5. The number of benzene rings is 3. The predicted molar refractivity (Wildman–Crippen MR) is 87.1 cm³/mol. The Bertz CT molecular complexity index is 889. The van der Waals surface area contributed by atoms with Crippen LogP contribution in [0.1, 0.15) is 15.9 Å². The summed E-state index contributed by atoms with van der Waals surface area (Å²) < 4.78 is 12.8. The number of hydrogen-bond acceptors (Lipinski definition) is 3. The highest BCUT2D eigenvalue weighted by molar-refractivity contribution is 6.03. The molecule has 3 aromatic rings. The summed E-state index contributed by atoms with van der Waals surface area (Å²) in [5.74, 6) is -0.948. The van der Waals surface area contributed by atoms with Crippen molar-refractivity contribution in [3.8, 4) is 5.75 Å². The van der Waals surface area contributed by atoms with E-state index in [1.165, 1.54) is 18.3 Å². The van der Waals surface area contributed by atoms with E-state index < -0.39 is 5.91 Å². The second-order valence-corrected chi connectivity index (χ2v) is 4.93. The lowest BCUT2D eigenvalue weighted by Crippen LogP contribution is -2.17. The minimum Gasteiger partial charge on any atom is -0.506 e. The van der Waals surface area contributed by atoms with Gasteiger partial charge in [-0.05, 0) is 29.1 Å². The molecule has 0 unspecified atom stereocenters. The molecule has 0 radical (unpaired) electrons. The molecule has 0 aliphatic carbocycles. The first-order valence-corrected chi connectivity index (χ1v) is 6.95. The second-order valence-electron chi connectivity index (χ2n) is 4.93. The van der Waals surface area contributed by atoms with Crippen LogP contribution in [0, 0.1) is 5.82 Å². The van der Waals surface area contributed by atoms with Crippen LogP contribution in [0.5, 0.6) is 5.75 Å². The van der Waals surface area contributed by atoms with Crippen LogP contribution in [0.2, 0.25) is 0 Å². The number of nitrogens with one attached hydrogen (secondary N) is 1. The summed E-state index contributed by atoms with van der Waals surface area (Å²) >= 11 is 0. The first-order valence-electron chi connectivity index (χ1n) is 6.95. The van der Waals surface area contributed by atoms with Gasteiger partial charge in [-0.3, -0.25) is 4.79 Å². The van der Waals surface area contributed by atoms with Crippen molar-refractivity contribution in [2.45, 2.75) is 0 Å². The molecule has 0 saturated heterocycles. The maximum atomic E-state index is 12.8. The fourth-order valence-corrected chi connectivity index (χ4v) is 2.21. The van der Waals surface area contributed by atoms with Crippen LogP contribution >= 0.6 is 0 Å². The smallest absolute Gasteiger partial charge is 0.275 e. The zero-order chi connectivity index (χ0) is 16.2. The summed E-state index contributed by atoms with van der Waals surface area (Å²) in [6.45, 7) is 0. The van der Waals surface area contributed by atoms with E-state index in [9.17, 15) is 14.3 Å². The molecule has 0 heterocycles. The zero-order valence-electron chi connectivity index (χ0n) is 12.0. The Hall–Kier alpha value is -3.21. The van der Waals surface area contributed by atoms with Gasteiger partial charge in [0.25, 0.3) is 5.91 Å². The number of fused-ring (bicyclic) bond motifs is 1. The number of phenols is 1. The van der Waals surface area contributed by atoms with Gasteiger partial charge in [0, 0.05) is 5.39 Å². The Morgan fingerprint density at radius 3 is 2.57 bits per heavy atom. The van der Waals surface area contributed by atoms with Crippen molar-refractivity contribution in [2.24, 2.45) is 5.10 Å². The molecule has 0 aliphatic rings. The van der Waals surface area contributed by atoms with Gasteiger partial charge in [-0.15, -0.1) is 0 Å². The lowest BCUT2D eigenvalue weighted by Gasteiger charge is -2.06. The number of carbonyl (C=O) groups is 1. The maximum Gasteiger partial charge on any atom is 0.275 e. The Morgan fingerprint density at radius 2 is 1.78 bits per heavy atom. The number of rotatable bonds is 3. The molecule has 0 atom stereocenters. The first kappa shape index (κ1) is 14.7. The van der Waals surface area contributed by atoms with Gasteiger partial charge in [0.05, 0.1) is 11.8 Å². The molecule has 114 valence electrons. The van der Waals surface area contributed by atoms with Crippen molar-refractivity contribution in [3.63, 3.8) is 0 Å². The SMILES string of the molecule is O=C(N/N=C/c1ccc(F)cc1)c1ccc2ccccc2c1O. The second kappa shape index (κ2) is 6.27. The Labute approximate surface area is 131 Å². The largest absolute Gasteiger partial charge is 0.506 e. The number of nitrogens with zero attached hydrogens (tertiary/aromatic N) is 1. The third kappa shape index (κ3) is 3.18. The summed E-state index contributed by atoms with van der Waals surface area (Å²) in [6.07, 6.45) is 1.40. The summed E-state index contributed by atoms with van der Waals surface area (Å²) in [4.78, 5) is 12.1. The number of halogens is 1. The highest BCUT2D eigenvalue weighted by Gasteiger charge is 2.12. The molecule has 0 aromatic heterocycles. The minimum atomic E-state index is -0.522. The Balaban J connectivity index is 1.78. The molecule has 3 rings (SSSR count). The normalized spacial score (nSPS) is 11.0. The quantitative estimate of drug-likeness (QED) is 0.575. The number of carbonyl (C=O) groups excluding carboxylic acids is 1. The van der Waals surface area contributed by atoms with Crippen LogP contribution in [-0.2, 0) is 0 Å². The molecule has 0 spiro atoms. The average Bonchev–Trinajstić information content (AvgIpc) is 2.57. The van der Waals surface area contributed by atoms with Crippen molar-refractivity contribution in [3.05, 3.63) is 77.6 Å². The van der Waals surface area contributed by atoms with Crippen LogP contribution in [-0.4, -0.2) is 17.2 Å². The topological polar surface area (TPSA) is 61.7 Å². The van der Waals surface area contributed by atoms with Gasteiger partial charge in [-0.2, -0.15) is 5.10 Å². The lowest BCUT2D eigenvalue weighted by molar-refractivity contribution is 0.0952. The van der Waals surface area contributed by atoms with E-state index in [0.717, 1.165) is 5.39 Å². The number of amides is 1. The van der Waals surface area contributed by atoms with Crippen molar-refractivity contribution in [1.29, 1.82) is 0 Å². The van der Waals surface area contributed by atoms with Crippen LogP contribution in [0.15, 0.2) is 65.8 Å². The van der Waals surface area contributed by atoms with Gasteiger partial charge in [0.1, 0.15) is 11.6 Å². The molecule has 23 heavy (non-hydrogen) atoms. The van der Waals surface area contributed by atoms with E-state index in [-0.39, 0.29) is 17.1 Å². The molecule has 5 heteroatoms. The van der Waals surface area contributed by atoms with Crippen molar-refractivity contribution < 1.29 is 14.3 Å². The third-order valence-corrected chi connectivity index (χ3v) is 3.39. The van der Waals surface area contributed by atoms with E-state index in [1.807, 2.05) is 12.1 Å². The molecule has 1 amide bonds. The molecule has 0 aliphatic heterocycles. The highest BCUT2D eigenvalue weighted by Crippen LogP contribution is 2.28. The van der Waals surface area contributed by atoms with Crippen LogP contribution < -0.4 is 5.43 Å². The van der Waals surface area contributed by atoms with Gasteiger partial charge in [0.15, 0.2) is 0 Å². The molecular formula is C18H13FN2O2. The number of aromatic hydroxyl groups is 1. The van der Waals surface area contributed by atoms with Gasteiger partial charge >= 0.3 is 0 Å². The fraction of sp³-hybridized carbons (Fsp3) is 0. The zero-order valence-corrected chi connectivity index (χ0v) is 12.0. The minimum absolute atomic E-state index is 0.0856. The summed E-state index contributed by atoms with van der Waals surface area (Å²) in [6, 6.07) is 16.2. The Kier molecular flexibility index (Phi) is 4.01. The van der Waals surface area contributed by atoms with Crippen LogP contribution in [0.4, 0.5) is 4.39 Å². The van der Waals surface area contributed by atoms with Crippen LogP contribution in [0.25, 0.3) is 10.8 Å². The highest BCUT2D eigenvalue weighted by atomic mass is 19.1. The van der Waals surface area contributed by atoms with Gasteiger partial charge < -0.3 is 5.11 Å². The molecule has 4 nitrogen and oxygen atoms in total. The molecule has 0 fully saturated rings. The van der Waals surface area contributed by atoms with E-state index in [2.05, 4.69) is 10.5 Å². The number of hydrazone groups is 1. The standard InChI is InChI=1S/C18H13FN2O2/c19-14-8-5-12(6-9-14)11-20-21-18(23)16-10-7-13-3-1-2-4-15(13)17(16)22/h1-11,22H,(H,21,23)/b20-11+. The third-order valence-electron chi connectivity index (χ3n) is 3.39. The lowest BCUT2D eigenvalue weighted by atomic mass is 10.1. The first-order chi connectivity index (χ1) is 11.1. The van der Waals surface area contributed by atoms with E-state index in [0.29, 0.717) is 10.9 Å². The molecule has 0 saturated carbocycles. The monoisotopic (exact) mass is 308 g/mol. The van der Waals surface area contributed by atoms with Crippen molar-refractivity contribution in [1.82, 2.24) is 5.43 Å². The van der Waals surface area contributed by atoms with Crippen molar-refractivity contribution >= 4 is 22.9 Å². The molecule has 0 bridgehead atoms. The molecule has 3 aromatic carbocycles. The van der Waals surface area contributed by atoms with Gasteiger partial charge in [-0.25, -0.2) is 9.82 Å².